The van der Waals surface area contributed by atoms with E-state index in [1.54, 1.807) is 19.9 Å². The van der Waals surface area contributed by atoms with Gasteiger partial charge in [0, 0.05) is 12.2 Å². The van der Waals surface area contributed by atoms with Gasteiger partial charge in [0.2, 0.25) is 5.91 Å². The van der Waals surface area contributed by atoms with Gasteiger partial charge in [-0.1, -0.05) is 12.1 Å². The molecular formula is C17H20N2O5. The predicted octanol–water partition coefficient (Wildman–Crippen LogP) is 1.24. The van der Waals surface area contributed by atoms with E-state index < -0.39 is 17.4 Å². The highest BCUT2D eigenvalue weighted by atomic mass is 16.5. The van der Waals surface area contributed by atoms with Crippen LogP contribution in [0.1, 0.15) is 25.0 Å². The lowest BCUT2D eigenvalue weighted by atomic mass is 9.77. The van der Waals surface area contributed by atoms with Gasteiger partial charge in [0.05, 0.1) is 25.7 Å². The molecule has 7 heteroatoms. The number of hydrogen-bond donors (Lipinski definition) is 2. The van der Waals surface area contributed by atoms with Gasteiger partial charge in [0.15, 0.2) is 0 Å². The van der Waals surface area contributed by atoms with Crippen molar-refractivity contribution in [2.24, 2.45) is 0 Å². The molecule has 2 N–H and O–H groups in total. The van der Waals surface area contributed by atoms with E-state index in [4.69, 9.17) is 4.74 Å². The highest BCUT2D eigenvalue weighted by molar-refractivity contribution is 5.99. The number of esters is 2. The van der Waals surface area contributed by atoms with Crippen LogP contribution in [-0.2, 0) is 35.8 Å². The summed E-state index contributed by atoms with van der Waals surface area (Å²) in [6, 6.07) is 5.46. The van der Waals surface area contributed by atoms with Crippen molar-refractivity contribution in [3.05, 3.63) is 41.1 Å². The zero-order chi connectivity index (χ0) is 17.9. The van der Waals surface area contributed by atoms with Gasteiger partial charge in [0.25, 0.3) is 0 Å². The third-order valence-corrected chi connectivity index (χ3v) is 3.92. The third-order valence-electron chi connectivity index (χ3n) is 3.92. The summed E-state index contributed by atoms with van der Waals surface area (Å²) < 4.78 is 9.25. The second-order valence-corrected chi connectivity index (χ2v) is 5.85. The maximum absolute atomic E-state index is 12.2. The largest absolute Gasteiger partial charge is 0.466 e. The molecule has 0 saturated carbocycles. The number of methoxy groups -OCH3 is 2. The number of nitrogens with one attached hydrogen (secondary N) is 2. The number of carbonyl (C=O) groups is 3. The molecule has 7 nitrogen and oxygen atoms in total. The fourth-order valence-electron chi connectivity index (χ4n) is 2.68. The molecule has 0 aromatic heterocycles. The van der Waals surface area contributed by atoms with Crippen LogP contribution in [0.3, 0.4) is 0 Å². The van der Waals surface area contributed by atoms with Crippen molar-refractivity contribution in [3.8, 4) is 0 Å². The lowest BCUT2D eigenvalue weighted by Gasteiger charge is -2.33. The van der Waals surface area contributed by atoms with E-state index in [0.29, 0.717) is 12.2 Å². The van der Waals surface area contributed by atoms with Crippen LogP contribution in [0.4, 0.5) is 5.69 Å². The van der Waals surface area contributed by atoms with Gasteiger partial charge in [-0.25, -0.2) is 9.59 Å². The molecule has 0 saturated heterocycles. The van der Waals surface area contributed by atoms with Gasteiger partial charge in [-0.05, 0) is 31.0 Å². The van der Waals surface area contributed by atoms with Crippen LogP contribution in [0.2, 0.25) is 0 Å². The number of benzene rings is 1. The Morgan fingerprint density at radius 1 is 1.25 bits per heavy atom. The van der Waals surface area contributed by atoms with Crippen molar-refractivity contribution in [1.29, 1.82) is 0 Å². The topological polar surface area (TPSA) is 93.7 Å². The van der Waals surface area contributed by atoms with Gasteiger partial charge < -0.3 is 20.1 Å². The Morgan fingerprint density at radius 2 is 1.96 bits per heavy atom. The minimum absolute atomic E-state index is 0.0699. The summed E-state index contributed by atoms with van der Waals surface area (Å²) in [7, 11) is 2.43. The Labute approximate surface area is 140 Å². The molecule has 24 heavy (non-hydrogen) atoms. The van der Waals surface area contributed by atoms with Crippen LogP contribution in [0.15, 0.2) is 30.0 Å². The lowest BCUT2D eigenvalue weighted by Crippen LogP contribution is -2.45. The van der Waals surface area contributed by atoms with Crippen LogP contribution < -0.4 is 10.6 Å². The van der Waals surface area contributed by atoms with Gasteiger partial charge in [0.1, 0.15) is 5.70 Å². The molecule has 1 aromatic carbocycles. The maximum Gasteiger partial charge on any atom is 0.354 e. The SMILES string of the molecule is COC(=O)/C=C(/Nc1cccc2c1C(C)(C)C(=O)NC2)C(=O)OC. The first-order valence-electron chi connectivity index (χ1n) is 7.37. The summed E-state index contributed by atoms with van der Waals surface area (Å²) in [5.74, 6) is -1.51. The van der Waals surface area contributed by atoms with Crippen molar-refractivity contribution < 1.29 is 23.9 Å². The number of amides is 1. The summed E-state index contributed by atoms with van der Waals surface area (Å²) in [6.07, 6.45) is 1.02. The number of anilines is 1. The van der Waals surface area contributed by atoms with Gasteiger partial charge in [-0.3, -0.25) is 4.79 Å². The summed E-state index contributed by atoms with van der Waals surface area (Å²) in [4.78, 5) is 35.6. The van der Waals surface area contributed by atoms with E-state index in [0.717, 1.165) is 17.2 Å². The monoisotopic (exact) mass is 332 g/mol. The molecule has 0 spiro atoms. The maximum atomic E-state index is 12.2. The molecule has 0 fully saturated rings. The highest BCUT2D eigenvalue weighted by Crippen LogP contribution is 2.36. The fourth-order valence-corrected chi connectivity index (χ4v) is 2.68. The minimum atomic E-state index is -0.788. The van der Waals surface area contributed by atoms with Gasteiger partial charge in [-0.15, -0.1) is 0 Å². The van der Waals surface area contributed by atoms with Crippen molar-refractivity contribution in [3.63, 3.8) is 0 Å². The number of hydrogen-bond acceptors (Lipinski definition) is 6. The number of carbonyl (C=O) groups excluding carboxylic acids is 3. The predicted molar refractivity (Wildman–Crippen MR) is 87.1 cm³/mol. The van der Waals surface area contributed by atoms with E-state index in [2.05, 4.69) is 15.4 Å². The zero-order valence-corrected chi connectivity index (χ0v) is 14.1. The molecule has 0 atom stereocenters. The molecular weight excluding hydrogens is 312 g/mol. The molecule has 0 unspecified atom stereocenters. The van der Waals surface area contributed by atoms with Crippen LogP contribution in [0, 0.1) is 0 Å². The van der Waals surface area contributed by atoms with E-state index in [9.17, 15) is 14.4 Å². The van der Waals surface area contributed by atoms with E-state index in [1.807, 2.05) is 12.1 Å². The molecule has 0 bridgehead atoms. The summed E-state index contributed by atoms with van der Waals surface area (Å²) in [5, 5.41) is 5.74. The third kappa shape index (κ3) is 3.24. The molecule has 1 aromatic rings. The number of fused-ring (bicyclic) bond motifs is 1. The quantitative estimate of drug-likeness (QED) is 0.636. The minimum Gasteiger partial charge on any atom is -0.466 e. The fraction of sp³-hybridized carbons (Fsp3) is 0.353. The molecule has 1 aliphatic heterocycles. The van der Waals surface area contributed by atoms with Crippen molar-refractivity contribution in [2.75, 3.05) is 19.5 Å². The molecule has 1 amide bonds. The molecule has 2 rings (SSSR count). The zero-order valence-electron chi connectivity index (χ0n) is 14.1. The van der Waals surface area contributed by atoms with Crippen LogP contribution in [0.5, 0.6) is 0 Å². The van der Waals surface area contributed by atoms with E-state index in [-0.39, 0.29) is 11.6 Å². The normalized spacial score (nSPS) is 15.8. The van der Waals surface area contributed by atoms with Crippen LogP contribution >= 0.6 is 0 Å². The standard InChI is InChI=1S/C17H20N2O5/c1-17(2)14-10(9-18-16(17)22)6-5-7-11(14)19-12(15(21)24-4)8-13(20)23-3/h5-8,19H,9H2,1-4H3,(H,18,22)/b12-8+. The second kappa shape index (κ2) is 6.74. The Bertz CT molecular complexity index is 722. The Kier molecular flexibility index (Phi) is 4.92. The lowest BCUT2D eigenvalue weighted by molar-refractivity contribution is -0.138. The Hall–Kier alpha value is -2.83. The Balaban J connectivity index is 2.50. The van der Waals surface area contributed by atoms with Crippen molar-refractivity contribution in [2.45, 2.75) is 25.8 Å². The first-order chi connectivity index (χ1) is 11.3. The smallest absolute Gasteiger partial charge is 0.354 e. The Morgan fingerprint density at radius 3 is 2.58 bits per heavy atom. The molecule has 1 aliphatic rings. The summed E-state index contributed by atoms with van der Waals surface area (Å²) >= 11 is 0. The van der Waals surface area contributed by atoms with E-state index in [1.165, 1.54) is 14.2 Å². The van der Waals surface area contributed by atoms with Crippen molar-refractivity contribution in [1.82, 2.24) is 5.32 Å². The number of rotatable bonds is 4. The first kappa shape index (κ1) is 17.5. The summed E-state index contributed by atoms with van der Waals surface area (Å²) in [6.45, 7) is 4.00. The van der Waals surface area contributed by atoms with Crippen LogP contribution in [0.25, 0.3) is 0 Å². The second-order valence-electron chi connectivity index (χ2n) is 5.85. The van der Waals surface area contributed by atoms with Crippen molar-refractivity contribution >= 4 is 23.5 Å². The summed E-state index contributed by atoms with van der Waals surface area (Å²) in [5.41, 5.74) is 1.41. The first-order valence-corrected chi connectivity index (χ1v) is 7.37. The highest BCUT2D eigenvalue weighted by Gasteiger charge is 2.37. The van der Waals surface area contributed by atoms with Gasteiger partial charge >= 0.3 is 11.9 Å². The van der Waals surface area contributed by atoms with Gasteiger partial charge in [-0.2, -0.15) is 0 Å². The average Bonchev–Trinajstić information content (AvgIpc) is 2.56. The number of ether oxygens (including phenoxy) is 2. The molecule has 1 heterocycles. The average molecular weight is 332 g/mol. The molecule has 128 valence electrons. The van der Waals surface area contributed by atoms with Crippen LogP contribution in [-0.4, -0.2) is 32.1 Å². The molecule has 0 radical (unpaired) electrons. The molecule has 0 aliphatic carbocycles. The van der Waals surface area contributed by atoms with E-state index >= 15 is 0 Å².